The zero-order chi connectivity index (χ0) is 70.1. The molecule has 94 heavy (non-hydrogen) atoms. The number of amides is 9. The first-order valence-corrected chi connectivity index (χ1v) is 31.8. The van der Waals surface area contributed by atoms with Crippen LogP contribution in [0.25, 0.3) is 0 Å². The summed E-state index contributed by atoms with van der Waals surface area (Å²) in [6.45, 7) is 20.3. The van der Waals surface area contributed by atoms with Crippen molar-refractivity contribution in [1.29, 1.82) is 0 Å². The predicted octanol–water partition coefficient (Wildman–Crippen LogP) is 3.82. The monoisotopic (exact) mass is 1310 g/mol. The highest BCUT2D eigenvalue weighted by molar-refractivity contribution is 5.99. The van der Waals surface area contributed by atoms with Crippen LogP contribution in [0, 0.1) is 5.92 Å². The smallest absolute Gasteiger partial charge is 0.408 e. The number of aliphatic hydroxyl groups is 1. The summed E-state index contributed by atoms with van der Waals surface area (Å²) < 4.78 is 21.8. The Bertz CT molecular complexity index is 3060. The van der Waals surface area contributed by atoms with E-state index in [4.69, 9.17) is 18.9 Å². The van der Waals surface area contributed by atoms with E-state index in [1.54, 1.807) is 153 Å². The summed E-state index contributed by atoms with van der Waals surface area (Å²) in [5.41, 5.74) is -0.732. The molecule has 0 aliphatic carbocycles. The van der Waals surface area contributed by atoms with Crippen LogP contribution in [0.5, 0.6) is 0 Å². The van der Waals surface area contributed by atoms with Gasteiger partial charge in [0.25, 0.3) is 0 Å². The molecule has 3 aromatic carbocycles. The van der Waals surface area contributed by atoms with Crippen molar-refractivity contribution in [3.8, 4) is 0 Å². The lowest BCUT2D eigenvalue weighted by Crippen LogP contribution is -2.60. The van der Waals surface area contributed by atoms with E-state index in [9.17, 15) is 62.6 Å². The van der Waals surface area contributed by atoms with Crippen LogP contribution in [0.4, 0.5) is 4.79 Å². The average molecular weight is 1310 g/mol. The molecule has 0 unspecified atom stereocenters. The van der Waals surface area contributed by atoms with Gasteiger partial charge in [0, 0.05) is 32.2 Å². The predicted molar refractivity (Wildman–Crippen MR) is 346 cm³/mol. The molecule has 1 aliphatic rings. The Balaban J connectivity index is 1.54. The Morgan fingerprint density at radius 2 is 0.883 bits per heavy atom. The van der Waals surface area contributed by atoms with E-state index in [0.29, 0.717) is 23.1 Å². The summed E-state index contributed by atoms with van der Waals surface area (Å²) in [6.07, 6.45) is -1.84. The molecule has 26 heteroatoms. The van der Waals surface area contributed by atoms with Crippen LogP contribution in [-0.4, -0.2) is 166 Å². The maximum atomic E-state index is 14.9. The van der Waals surface area contributed by atoms with E-state index < -0.39 is 149 Å². The van der Waals surface area contributed by atoms with Crippen molar-refractivity contribution in [3.05, 3.63) is 108 Å². The molecule has 26 nitrogen and oxygen atoms in total. The molecule has 1 heterocycles. The van der Waals surface area contributed by atoms with Gasteiger partial charge in [0.15, 0.2) is 0 Å². The van der Waals surface area contributed by atoms with Crippen molar-refractivity contribution >= 4 is 71.3 Å². The molecule has 3 aromatic rings. The lowest BCUT2D eigenvalue weighted by Gasteiger charge is -2.31. The number of hydrogen-bond donors (Lipinski definition) is 9. The molecule has 9 N–H and O–H groups in total. The summed E-state index contributed by atoms with van der Waals surface area (Å²) in [6, 6.07) is 13.9. The number of ether oxygens (including phenoxy) is 4. The molecule has 1 saturated heterocycles. The Hall–Kier alpha value is -8.94. The van der Waals surface area contributed by atoms with Crippen molar-refractivity contribution < 1.29 is 81.6 Å². The third-order valence-electron chi connectivity index (χ3n) is 14.3. The van der Waals surface area contributed by atoms with Gasteiger partial charge in [-0.15, -0.1) is 0 Å². The van der Waals surface area contributed by atoms with Crippen molar-refractivity contribution in [1.82, 2.24) is 47.4 Å². The van der Waals surface area contributed by atoms with Gasteiger partial charge in [0.2, 0.25) is 47.3 Å². The fourth-order valence-corrected chi connectivity index (χ4v) is 9.79. The first-order valence-electron chi connectivity index (χ1n) is 31.8. The number of benzene rings is 3. The zero-order valence-corrected chi connectivity index (χ0v) is 56.3. The normalized spacial score (nSPS) is 15.7. The summed E-state index contributed by atoms with van der Waals surface area (Å²) in [7, 11) is 0. The van der Waals surface area contributed by atoms with Gasteiger partial charge in [-0.25, -0.2) is 9.59 Å². The highest BCUT2D eigenvalue weighted by Gasteiger charge is 2.41. The maximum absolute atomic E-state index is 14.9. The Kier molecular flexibility index (Phi) is 30.1. The molecule has 0 aromatic heterocycles. The highest BCUT2D eigenvalue weighted by atomic mass is 16.6. The first kappa shape index (κ1) is 77.5. The number of carbonyl (C=O) groups excluding carboxylic acids is 12. The van der Waals surface area contributed by atoms with Crippen LogP contribution in [0.15, 0.2) is 91.0 Å². The van der Waals surface area contributed by atoms with Gasteiger partial charge in [0.1, 0.15) is 77.8 Å². The molecular formula is C68H97N9O17. The summed E-state index contributed by atoms with van der Waals surface area (Å²) in [5, 5.41) is 30.6. The number of likely N-dealkylation sites (tertiary alicyclic amines) is 1. The molecular weight excluding hydrogens is 1210 g/mol. The molecule has 516 valence electrons. The number of alkyl carbamates (subject to hydrolysis) is 1. The molecule has 1 aliphatic heterocycles. The minimum Gasteiger partial charge on any atom is -0.460 e. The van der Waals surface area contributed by atoms with Gasteiger partial charge < -0.3 is 71.5 Å². The van der Waals surface area contributed by atoms with Gasteiger partial charge in [-0.1, -0.05) is 105 Å². The zero-order valence-electron chi connectivity index (χ0n) is 56.3. The largest absolute Gasteiger partial charge is 0.460 e. The van der Waals surface area contributed by atoms with Crippen LogP contribution in [0.2, 0.25) is 0 Å². The Morgan fingerprint density at radius 3 is 1.34 bits per heavy atom. The van der Waals surface area contributed by atoms with Gasteiger partial charge in [0.05, 0.1) is 6.61 Å². The fraction of sp³-hybridized carbons (Fsp3) is 0.559. The minimum atomic E-state index is -1.55. The van der Waals surface area contributed by atoms with E-state index in [-0.39, 0.29) is 70.4 Å². The number of hydrogen-bond acceptors (Lipinski definition) is 17. The van der Waals surface area contributed by atoms with Gasteiger partial charge in [-0.3, -0.25) is 47.9 Å². The molecule has 9 atom stereocenters. The number of rotatable bonds is 32. The first-order chi connectivity index (χ1) is 44.0. The second kappa shape index (κ2) is 36.5. The topological polar surface area (TPSA) is 361 Å². The SMILES string of the molecule is CC(C)C[C@H](NC(=O)[C@@H]1CCCN1C(=O)[C@H](Cc1ccccc1)NC(=O)[C@H](C)NC(=O)[C@H](CCC(=O)OC(C)(C)C)NC(=O)[C@H](C)NC(=O)[C@H](CO)NC(=O)OCc1ccccc1)C(=O)N[C@@H](CCC(=O)OC(C)(C)C)C(=O)N[C@@H](Cc1ccccc1)C(=O)OC(C)(C)C. The van der Waals surface area contributed by atoms with Crippen LogP contribution in [0.1, 0.15) is 152 Å². The van der Waals surface area contributed by atoms with Crippen LogP contribution < -0.4 is 42.5 Å². The molecule has 0 spiro atoms. The van der Waals surface area contributed by atoms with E-state index in [1.165, 1.54) is 18.7 Å². The molecule has 1 fully saturated rings. The van der Waals surface area contributed by atoms with Crippen molar-refractivity contribution in [3.63, 3.8) is 0 Å². The van der Waals surface area contributed by atoms with E-state index in [2.05, 4.69) is 42.5 Å². The second-order valence-corrected chi connectivity index (χ2v) is 26.7. The molecule has 9 amide bonds. The molecule has 4 rings (SSSR count). The minimum absolute atomic E-state index is 0.0287. The summed E-state index contributed by atoms with van der Waals surface area (Å²) >= 11 is 0. The maximum Gasteiger partial charge on any atom is 0.408 e. The van der Waals surface area contributed by atoms with Crippen molar-refractivity contribution in [2.45, 2.75) is 226 Å². The Labute approximate surface area is 550 Å². The van der Waals surface area contributed by atoms with Crippen LogP contribution in [0.3, 0.4) is 0 Å². The third-order valence-corrected chi connectivity index (χ3v) is 14.3. The third kappa shape index (κ3) is 28.1. The van der Waals surface area contributed by atoms with E-state index >= 15 is 0 Å². The number of carbonyl (C=O) groups is 12. The van der Waals surface area contributed by atoms with Crippen molar-refractivity contribution in [2.24, 2.45) is 5.92 Å². The van der Waals surface area contributed by atoms with E-state index in [1.807, 2.05) is 13.8 Å². The average Bonchev–Trinajstić information content (AvgIpc) is 1.57. The van der Waals surface area contributed by atoms with Crippen LogP contribution in [-0.2, 0) is 91.1 Å². The number of nitrogens with one attached hydrogen (secondary N) is 8. The van der Waals surface area contributed by atoms with Crippen molar-refractivity contribution in [2.75, 3.05) is 13.2 Å². The molecule has 0 saturated carbocycles. The summed E-state index contributed by atoms with van der Waals surface area (Å²) in [5.74, 6) is -9.03. The fourth-order valence-electron chi connectivity index (χ4n) is 9.79. The molecule has 0 bridgehead atoms. The standard InChI is InChI=1S/C68H97N9O17/c1-41(2)36-49(60(85)72-48(32-34-55(80)93-67(8,9)10)59(84)75-51(64(89)94-68(11,12)13)38-45-26-19-15-20-27-45)73-62(87)53-30-23-35-77(53)63(88)50(37-44-24-17-14-18-25-44)74-57(82)43(4)69-58(83)47(31-33-54(79)92-66(5,6)7)71-56(81)42(3)70-61(86)52(39-78)76-65(90)91-40-46-28-21-16-22-29-46/h14-22,24-29,41-43,47-53,78H,23,30-40H2,1-13H3,(H,69,83)(H,70,86)(H,71,81)(H,72,85)(H,73,87)(H,74,82)(H,75,84)(H,76,90)/t42-,43-,47-,48-,49-,50-,51-,52-,53-/m0/s1. The van der Waals surface area contributed by atoms with E-state index in [0.717, 1.165) is 0 Å². The molecule has 0 radical (unpaired) electrons. The number of aliphatic hydroxyl groups excluding tert-OH is 1. The second-order valence-electron chi connectivity index (χ2n) is 26.7. The van der Waals surface area contributed by atoms with Gasteiger partial charge in [-0.05, 0) is 131 Å². The quantitative estimate of drug-likeness (QED) is 0.0317. The lowest BCUT2D eigenvalue weighted by atomic mass is 10.0. The Morgan fingerprint density at radius 1 is 0.479 bits per heavy atom. The number of nitrogens with zero attached hydrogens (tertiary/aromatic N) is 1. The van der Waals surface area contributed by atoms with Gasteiger partial charge >= 0.3 is 24.0 Å². The lowest BCUT2D eigenvalue weighted by molar-refractivity contribution is -0.159. The van der Waals surface area contributed by atoms with Gasteiger partial charge in [-0.2, -0.15) is 0 Å². The summed E-state index contributed by atoms with van der Waals surface area (Å²) in [4.78, 5) is 167. The van der Waals surface area contributed by atoms with Crippen LogP contribution >= 0.6 is 0 Å². The number of esters is 3. The highest BCUT2D eigenvalue weighted by Crippen LogP contribution is 2.22.